The molecule has 1 aromatic carbocycles. The SMILES string of the molecule is Cc1cnc(Oc2ccc(C#CC3CCC(C)CC3)cc2)nc1.[C-]#[O+]. The molecule has 0 atom stereocenters. The summed E-state index contributed by atoms with van der Waals surface area (Å²) in [5.41, 5.74) is 2.04. The molecule has 1 fully saturated rings. The van der Waals surface area contributed by atoms with E-state index in [1.165, 1.54) is 25.7 Å². The Bertz CT molecular complexity index is 731. The van der Waals surface area contributed by atoms with E-state index in [0.29, 0.717) is 11.9 Å². The summed E-state index contributed by atoms with van der Waals surface area (Å²) in [5.74, 6) is 8.86. The van der Waals surface area contributed by atoms with Crippen molar-refractivity contribution in [2.75, 3.05) is 0 Å². The van der Waals surface area contributed by atoms with E-state index in [1.807, 2.05) is 31.2 Å². The Labute approximate surface area is 149 Å². The van der Waals surface area contributed by atoms with Crippen molar-refractivity contribution < 1.29 is 9.39 Å². The minimum atomic E-state index is 0.366. The van der Waals surface area contributed by atoms with E-state index in [2.05, 4.69) is 35.4 Å². The summed E-state index contributed by atoms with van der Waals surface area (Å²) in [6.45, 7) is 8.78. The number of aromatic nitrogens is 2. The molecule has 4 nitrogen and oxygen atoms in total. The van der Waals surface area contributed by atoms with Gasteiger partial charge in [0.2, 0.25) is 0 Å². The Morgan fingerprint density at radius 1 is 1.04 bits per heavy atom. The average molecular weight is 334 g/mol. The van der Waals surface area contributed by atoms with E-state index in [1.54, 1.807) is 12.4 Å². The summed E-state index contributed by atoms with van der Waals surface area (Å²) < 4.78 is 13.1. The van der Waals surface area contributed by atoms with E-state index < -0.39 is 0 Å². The second kappa shape index (κ2) is 9.64. The minimum absolute atomic E-state index is 0.366. The van der Waals surface area contributed by atoms with Crippen LogP contribution in [0.1, 0.15) is 43.7 Å². The summed E-state index contributed by atoms with van der Waals surface area (Å²) in [4.78, 5) is 8.28. The van der Waals surface area contributed by atoms with Gasteiger partial charge in [-0.1, -0.05) is 18.8 Å². The third-order valence-corrected chi connectivity index (χ3v) is 4.26. The molecule has 1 aliphatic carbocycles. The van der Waals surface area contributed by atoms with Gasteiger partial charge in [-0.15, -0.1) is 0 Å². The number of rotatable bonds is 2. The number of ether oxygens (including phenoxy) is 1. The van der Waals surface area contributed by atoms with Crippen LogP contribution < -0.4 is 4.74 Å². The number of aryl methyl sites for hydroxylation is 1. The third kappa shape index (κ3) is 6.08. The zero-order valence-electron chi connectivity index (χ0n) is 14.7. The molecule has 1 heterocycles. The van der Waals surface area contributed by atoms with Gasteiger partial charge >= 0.3 is 17.3 Å². The summed E-state index contributed by atoms with van der Waals surface area (Å²) >= 11 is 0. The monoisotopic (exact) mass is 334 g/mol. The fraction of sp³-hybridized carbons (Fsp3) is 0.381. The maximum atomic E-state index is 7.50. The van der Waals surface area contributed by atoms with Gasteiger partial charge in [-0.3, -0.25) is 0 Å². The molecule has 0 radical (unpaired) electrons. The van der Waals surface area contributed by atoms with Gasteiger partial charge in [0, 0.05) is 23.9 Å². The molecular formula is C21H22N2O2. The van der Waals surface area contributed by atoms with Crippen molar-refractivity contribution in [1.82, 2.24) is 9.97 Å². The van der Waals surface area contributed by atoms with Crippen molar-refractivity contribution >= 4 is 0 Å². The number of nitrogens with zero attached hydrogens (tertiary/aromatic N) is 2. The van der Waals surface area contributed by atoms with Gasteiger partial charge < -0.3 is 4.74 Å². The van der Waals surface area contributed by atoms with E-state index in [9.17, 15) is 0 Å². The molecule has 25 heavy (non-hydrogen) atoms. The molecule has 0 aliphatic heterocycles. The van der Waals surface area contributed by atoms with E-state index in [0.717, 1.165) is 22.8 Å². The van der Waals surface area contributed by atoms with Crippen molar-refractivity contribution in [1.29, 1.82) is 0 Å². The summed E-state index contributed by atoms with van der Waals surface area (Å²) in [7, 11) is 0. The Morgan fingerprint density at radius 3 is 2.24 bits per heavy atom. The van der Waals surface area contributed by atoms with Crippen LogP contribution in [-0.2, 0) is 4.65 Å². The zero-order valence-corrected chi connectivity index (χ0v) is 14.7. The Morgan fingerprint density at radius 2 is 1.64 bits per heavy atom. The summed E-state index contributed by atoms with van der Waals surface area (Å²) in [6, 6.07) is 8.17. The van der Waals surface area contributed by atoms with Crippen LogP contribution in [0.3, 0.4) is 0 Å². The first-order chi connectivity index (χ1) is 12.2. The van der Waals surface area contributed by atoms with E-state index in [-0.39, 0.29) is 0 Å². The Hall–Kier alpha value is -2.60. The quantitative estimate of drug-likeness (QED) is 0.454. The fourth-order valence-electron chi connectivity index (χ4n) is 2.73. The number of benzene rings is 1. The predicted octanol–water partition coefficient (Wildman–Crippen LogP) is 4.72. The molecule has 0 saturated heterocycles. The zero-order chi connectivity index (χ0) is 18.1. The number of hydrogen-bond donors (Lipinski definition) is 0. The van der Waals surface area contributed by atoms with Gasteiger partial charge in [-0.25, -0.2) is 9.97 Å². The molecule has 0 amide bonds. The molecule has 0 unspecified atom stereocenters. The van der Waals surface area contributed by atoms with Crippen LogP contribution in [0.25, 0.3) is 0 Å². The maximum absolute atomic E-state index is 7.50. The van der Waals surface area contributed by atoms with Crippen molar-refractivity contribution in [3.8, 4) is 23.6 Å². The first kappa shape index (κ1) is 18.7. The van der Waals surface area contributed by atoms with Crippen LogP contribution in [0.4, 0.5) is 0 Å². The normalized spacial score (nSPS) is 18.9. The van der Waals surface area contributed by atoms with Crippen molar-refractivity contribution in [3.05, 3.63) is 54.4 Å². The van der Waals surface area contributed by atoms with Gasteiger partial charge in [0.15, 0.2) is 0 Å². The molecule has 1 aliphatic rings. The fourth-order valence-corrected chi connectivity index (χ4v) is 2.73. The second-order valence-corrected chi connectivity index (χ2v) is 6.40. The molecule has 1 saturated carbocycles. The Kier molecular flexibility index (Phi) is 7.22. The molecule has 4 heteroatoms. The molecule has 0 bridgehead atoms. The van der Waals surface area contributed by atoms with Crippen LogP contribution >= 0.6 is 0 Å². The predicted molar refractivity (Wildman–Crippen MR) is 95.2 cm³/mol. The molecule has 0 spiro atoms. The van der Waals surface area contributed by atoms with Crippen molar-refractivity contribution in [2.45, 2.75) is 39.5 Å². The van der Waals surface area contributed by atoms with Crippen molar-refractivity contribution in [2.24, 2.45) is 11.8 Å². The van der Waals surface area contributed by atoms with Crippen LogP contribution in [-0.4, -0.2) is 9.97 Å². The van der Waals surface area contributed by atoms with Gasteiger partial charge in [0.05, 0.1) is 0 Å². The molecule has 0 N–H and O–H groups in total. The van der Waals surface area contributed by atoms with Crippen LogP contribution in [0.15, 0.2) is 36.7 Å². The second-order valence-electron chi connectivity index (χ2n) is 6.40. The van der Waals surface area contributed by atoms with Gasteiger partial charge in [0.1, 0.15) is 5.75 Å². The average Bonchev–Trinajstić information content (AvgIpc) is 2.66. The topological polar surface area (TPSA) is 54.9 Å². The molecule has 3 rings (SSSR count). The first-order valence-corrected chi connectivity index (χ1v) is 8.47. The number of hydrogen-bond acceptors (Lipinski definition) is 3. The molecular weight excluding hydrogens is 312 g/mol. The third-order valence-electron chi connectivity index (χ3n) is 4.26. The molecule has 2 aromatic rings. The van der Waals surface area contributed by atoms with Gasteiger partial charge in [-0.2, -0.15) is 0 Å². The Balaban J connectivity index is 0.00000109. The van der Waals surface area contributed by atoms with E-state index >= 15 is 0 Å². The standard InChI is InChI=1S/C20H22N2O.CO/c1-15-3-5-17(6-4-15)7-8-18-9-11-19(12-10-18)23-20-21-13-16(2)14-22-20;1-2/h9-15,17H,3-6H2,1-2H3;. The van der Waals surface area contributed by atoms with Crippen molar-refractivity contribution in [3.63, 3.8) is 0 Å². The van der Waals surface area contributed by atoms with Crippen LogP contribution in [0.2, 0.25) is 0 Å². The van der Waals surface area contributed by atoms with Crippen LogP contribution in [0, 0.1) is 37.3 Å². The van der Waals surface area contributed by atoms with E-state index in [4.69, 9.17) is 9.39 Å². The summed E-state index contributed by atoms with van der Waals surface area (Å²) in [6.07, 6.45) is 8.58. The summed E-state index contributed by atoms with van der Waals surface area (Å²) in [5, 5.41) is 0. The van der Waals surface area contributed by atoms with Crippen LogP contribution in [0.5, 0.6) is 11.8 Å². The first-order valence-electron chi connectivity index (χ1n) is 8.47. The molecule has 128 valence electrons. The van der Waals surface area contributed by atoms with Gasteiger partial charge in [-0.05, 0) is 68.4 Å². The van der Waals surface area contributed by atoms with Gasteiger partial charge in [0.25, 0.3) is 0 Å². The molecule has 1 aromatic heterocycles.